The number of allylic oxidation sites excluding steroid dienone is 1. The number of carbonyl (C=O) groups excluding carboxylic acids is 2. The number of hydrogen-bond acceptors (Lipinski definition) is 8. The molecule has 2 amide bonds. The Balaban J connectivity index is 1.45. The molecule has 0 unspecified atom stereocenters. The quantitative estimate of drug-likeness (QED) is 0.381. The maximum Gasteiger partial charge on any atom is 0.255 e. The van der Waals surface area contributed by atoms with Gasteiger partial charge in [0.1, 0.15) is 17.3 Å². The minimum Gasteiger partial charge on any atom is -0.497 e. The average molecular weight is 545 g/mol. The standard InChI is InChI=1S/C29H28N4O5S/c1-18-26(28(35)32-20-9-11-22(36-2)12-10-20)27(19-6-4-7-23(14-19)37-3)33-21(17-39-29(33)31-18)15-25(34)30-16-24-8-5-13-38-24/h4-14,17,27H,15-16H2,1-3H3,(H,30,34)(H,32,35)/t27-/m0/s1. The summed E-state index contributed by atoms with van der Waals surface area (Å²) in [5.74, 6) is 1.58. The first-order valence-electron chi connectivity index (χ1n) is 12.3. The number of thioether (sulfide) groups is 1. The number of ether oxygens (including phenoxy) is 2. The van der Waals surface area contributed by atoms with Gasteiger partial charge in [-0.1, -0.05) is 23.9 Å². The molecular formula is C29H28N4O5S. The van der Waals surface area contributed by atoms with Crippen molar-refractivity contribution < 1.29 is 23.5 Å². The molecule has 10 heteroatoms. The van der Waals surface area contributed by atoms with E-state index in [1.807, 2.05) is 41.5 Å². The molecule has 0 saturated carbocycles. The van der Waals surface area contributed by atoms with Crippen LogP contribution in [0.3, 0.4) is 0 Å². The first-order chi connectivity index (χ1) is 19.0. The number of fused-ring (bicyclic) bond motifs is 1. The van der Waals surface area contributed by atoms with E-state index < -0.39 is 6.04 Å². The number of aliphatic imine (C=N–C) groups is 1. The Kier molecular flexibility index (Phi) is 7.74. The number of methoxy groups -OCH3 is 2. The number of benzene rings is 2. The molecule has 39 heavy (non-hydrogen) atoms. The highest BCUT2D eigenvalue weighted by Gasteiger charge is 2.40. The van der Waals surface area contributed by atoms with Crippen molar-refractivity contribution in [3.8, 4) is 11.5 Å². The molecule has 0 fully saturated rings. The molecule has 0 aliphatic carbocycles. The van der Waals surface area contributed by atoms with Crippen LogP contribution in [0, 0.1) is 0 Å². The van der Waals surface area contributed by atoms with Crippen LogP contribution in [0.5, 0.6) is 11.5 Å². The maximum absolute atomic E-state index is 13.8. The number of carbonyl (C=O) groups is 2. The summed E-state index contributed by atoms with van der Waals surface area (Å²) in [6.45, 7) is 2.12. The smallest absolute Gasteiger partial charge is 0.255 e. The molecular weight excluding hydrogens is 516 g/mol. The normalized spacial score (nSPS) is 16.3. The molecule has 2 aromatic carbocycles. The van der Waals surface area contributed by atoms with Gasteiger partial charge in [0, 0.05) is 11.4 Å². The molecule has 3 heterocycles. The number of furan rings is 1. The van der Waals surface area contributed by atoms with Crippen LogP contribution in [0.4, 0.5) is 5.69 Å². The highest BCUT2D eigenvalue weighted by Crippen LogP contribution is 2.45. The number of amidine groups is 1. The van der Waals surface area contributed by atoms with Crippen molar-refractivity contribution in [1.82, 2.24) is 10.2 Å². The molecule has 1 atom stereocenters. The van der Waals surface area contributed by atoms with Gasteiger partial charge in [-0.15, -0.1) is 0 Å². The lowest BCUT2D eigenvalue weighted by Crippen LogP contribution is -2.38. The van der Waals surface area contributed by atoms with E-state index in [0.717, 1.165) is 11.3 Å². The Labute approximate surface area is 230 Å². The lowest BCUT2D eigenvalue weighted by molar-refractivity contribution is -0.120. The van der Waals surface area contributed by atoms with E-state index in [1.165, 1.54) is 11.8 Å². The summed E-state index contributed by atoms with van der Waals surface area (Å²) in [4.78, 5) is 33.4. The Morgan fingerprint density at radius 1 is 1.05 bits per heavy atom. The van der Waals surface area contributed by atoms with Gasteiger partial charge in [-0.05, 0) is 66.4 Å². The number of amides is 2. The van der Waals surface area contributed by atoms with Gasteiger partial charge in [0.05, 0.1) is 50.8 Å². The molecule has 2 aliphatic rings. The van der Waals surface area contributed by atoms with E-state index >= 15 is 0 Å². The number of anilines is 1. The third-order valence-electron chi connectivity index (χ3n) is 6.38. The van der Waals surface area contributed by atoms with Crippen LogP contribution in [0.15, 0.2) is 98.7 Å². The second-order valence-electron chi connectivity index (χ2n) is 8.89. The van der Waals surface area contributed by atoms with Crippen LogP contribution in [-0.4, -0.2) is 36.1 Å². The van der Waals surface area contributed by atoms with Crippen molar-refractivity contribution in [2.75, 3.05) is 19.5 Å². The zero-order valence-electron chi connectivity index (χ0n) is 21.8. The Morgan fingerprint density at radius 2 is 1.85 bits per heavy atom. The predicted molar refractivity (Wildman–Crippen MR) is 150 cm³/mol. The molecule has 0 saturated heterocycles. The van der Waals surface area contributed by atoms with Gasteiger partial charge in [-0.3, -0.25) is 9.59 Å². The predicted octanol–water partition coefficient (Wildman–Crippen LogP) is 5.22. The monoisotopic (exact) mass is 544 g/mol. The van der Waals surface area contributed by atoms with Crippen LogP contribution in [0.2, 0.25) is 0 Å². The minimum absolute atomic E-state index is 0.111. The van der Waals surface area contributed by atoms with E-state index in [9.17, 15) is 9.59 Å². The second kappa shape index (κ2) is 11.5. The summed E-state index contributed by atoms with van der Waals surface area (Å²) in [6.07, 6.45) is 1.68. The fraction of sp³-hybridized carbons (Fsp3) is 0.207. The fourth-order valence-electron chi connectivity index (χ4n) is 4.49. The van der Waals surface area contributed by atoms with Gasteiger partial charge < -0.3 is 29.4 Å². The Hall–Kier alpha value is -4.44. The molecule has 9 nitrogen and oxygen atoms in total. The third kappa shape index (κ3) is 5.70. The van der Waals surface area contributed by atoms with E-state index in [0.29, 0.717) is 45.9 Å². The number of nitrogens with one attached hydrogen (secondary N) is 2. The summed E-state index contributed by atoms with van der Waals surface area (Å²) >= 11 is 1.43. The largest absolute Gasteiger partial charge is 0.497 e. The lowest BCUT2D eigenvalue weighted by Gasteiger charge is -2.36. The zero-order chi connectivity index (χ0) is 27.4. The molecule has 3 aromatic rings. The minimum atomic E-state index is -0.523. The van der Waals surface area contributed by atoms with E-state index in [-0.39, 0.29) is 18.2 Å². The second-order valence-corrected chi connectivity index (χ2v) is 9.72. The third-order valence-corrected chi connectivity index (χ3v) is 7.27. The van der Waals surface area contributed by atoms with Gasteiger partial charge >= 0.3 is 0 Å². The van der Waals surface area contributed by atoms with E-state index in [4.69, 9.17) is 18.9 Å². The fourth-order valence-corrected chi connectivity index (χ4v) is 5.45. The van der Waals surface area contributed by atoms with Crippen molar-refractivity contribution in [2.24, 2.45) is 4.99 Å². The van der Waals surface area contributed by atoms with Gasteiger partial charge in [0.2, 0.25) is 5.91 Å². The SMILES string of the molecule is COc1ccc(NC(=O)C2=C(C)N=C3SC=C(CC(=O)NCc4ccco4)N3[C@H]2c2cccc(OC)c2)cc1. The molecule has 2 aliphatic heterocycles. The van der Waals surface area contributed by atoms with Crippen molar-refractivity contribution in [3.63, 3.8) is 0 Å². The van der Waals surface area contributed by atoms with Gasteiger partial charge in [-0.25, -0.2) is 4.99 Å². The van der Waals surface area contributed by atoms with E-state index in [1.54, 1.807) is 56.9 Å². The molecule has 200 valence electrons. The molecule has 5 rings (SSSR count). The molecule has 0 spiro atoms. The van der Waals surface area contributed by atoms with Crippen LogP contribution in [0.1, 0.15) is 30.7 Å². The van der Waals surface area contributed by atoms with E-state index in [2.05, 4.69) is 10.6 Å². The van der Waals surface area contributed by atoms with Crippen LogP contribution in [-0.2, 0) is 16.1 Å². The highest BCUT2D eigenvalue weighted by molar-refractivity contribution is 8.16. The van der Waals surface area contributed by atoms with Crippen LogP contribution in [0.25, 0.3) is 0 Å². The van der Waals surface area contributed by atoms with Gasteiger partial charge in [0.15, 0.2) is 5.17 Å². The summed E-state index contributed by atoms with van der Waals surface area (Å²) in [5, 5.41) is 8.51. The Bertz CT molecular complexity index is 1460. The topological polar surface area (TPSA) is 105 Å². The first kappa shape index (κ1) is 26.2. The average Bonchev–Trinajstić information content (AvgIpc) is 3.61. The van der Waals surface area contributed by atoms with Crippen LogP contribution < -0.4 is 20.1 Å². The van der Waals surface area contributed by atoms with Crippen molar-refractivity contribution in [1.29, 1.82) is 0 Å². The summed E-state index contributed by atoms with van der Waals surface area (Å²) in [7, 11) is 3.19. The summed E-state index contributed by atoms with van der Waals surface area (Å²) in [6, 6.07) is 17.8. The lowest BCUT2D eigenvalue weighted by atomic mass is 9.93. The molecule has 0 radical (unpaired) electrons. The number of hydrogen-bond donors (Lipinski definition) is 2. The van der Waals surface area contributed by atoms with Crippen molar-refractivity contribution >= 4 is 34.4 Å². The summed E-state index contributed by atoms with van der Waals surface area (Å²) < 4.78 is 16.0. The zero-order valence-corrected chi connectivity index (χ0v) is 22.6. The molecule has 0 bridgehead atoms. The number of nitrogens with zero attached hydrogens (tertiary/aromatic N) is 2. The first-order valence-corrected chi connectivity index (χ1v) is 13.2. The number of rotatable bonds is 9. The van der Waals surface area contributed by atoms with Gasteiger partial charge in [-0.2, -0.15) is 0 Å². The van der Waals surface area contributed by atoms with Crippen molar-refractivity contribution in [3.05, 3.63) is 101 Å². The van der Waals surface area contributed by atoms with Crippen molar-refractivity contribution in [2.45, 2.75) is 25.9 Å². The molecule has 1 aromatic heterocycles. The van der Waals surface area contributed by atoms with Gasteiger partial charge in [0.25, 0.3) is 5.91 Å². The van der Waals surface area contributed by atoms with Crippen LogP contribution >= 0.6 is 11.8 Å². The Morgan fingerprint density at radius 3 is 2.56 bits per heavy atom. The molecule has 2 N–H and O–H groups in total. The summed E-state index contributed by atoms with van der Waals surface area (Å²) in [5.41, 5.74) is 3.29. The highest BCUT2D eigenvalue weighted by atomic mass is 32.2. The maximum atomic E-state index is 13.8.